The van der Waals surface area contributed by atoms with Crippen molar-refractivity contribution in [3.05, 3.63) is 118 Å². The van der Waals surface area contributed by atoms with Gasteiger partial charge in [-0.1, -0.05) is 54.6 Å². The van der Waals surface area contributed by atoms with E-state index in [0.29, 0.717) is 24.2 Å². The maximum absolute atomic E-state index is 13.5. The van der Waals surface area contributed by atoms with Gasteiger partial charge in [-0.15, -0.1) is 0 Å². The molecule has 2 atom stereocenters. The molecule has 36 heavy (non-hydrogen) atoms. The lowest BCUT2D eigenvalue weighted by Crippen LogP contribution is -2.33. The van der Waals surface area contributed by atoms with Crippen LogP contribution >= 0.6 is 0 Å². The van der Waals surface area contributed by atoms with Crippen molar-refractivity contribution in [2.24, 2.45) is 0 Å². The molecule has 0 saturated heterocycles. The molecule has 180 valence electrons. The van der Waals surface area contributed by atoms with E-state index in [1.165, 1.54) is 0 Å². The van der Waals surface area contributed by atoms with Gasteiger partial charge in [0.2, 0.25) is 0 Å². The number of hydrogen-bond acceptors (Lipinski definition) is 5. The predicted octanol–water partition coefficient (Wildman–Crippen LogP) is 6.16. The molecule has 0 spiro atoms. The van der Waals surface area contributed by atoms with E-state index in [0.717, 1.165) is 46.0 Å². The Morgan fingerprint density at radius 3 is 2.25 bits per heavy atom. The summed E-state index contributed by atoms with van der Waals surface area (Å²) in [5.41, 5.74) is 6.14. The van der Waals surface area contributed by atoms with Gasteiger partial charge in [0, 0.05) is 23.4 Å². The van der Waals surface area contributed by atoms with Crippen molar-refractivity contribution >= 4 is 5.78 Å². The first-order chi connectivity index (χ1) is 17.6. The van der Waals surface area contributed by atoms with Crippen molar-refractivity contribution in [3.8, 4) is 17.6 Å². The van der Waals surface area contributed by atoms with Gasteiger partial charge in [-0.3, -0.25) is 4.79 Å². The quantitative estimate of drug-likeness (QED) is 0.461. The van der Waals surface area contributed by atoms with Gasteiger partial charge in [0.25, 0.3) is 0 Å². The van der Waals surface area contributed by atoms with Gasteiger partial charge < -0.3 is 14.8 Å². The molecule has 0 fully saturated rings. The van der Waals surface area contributed by atoms with E-state index in [-0.39, 0.29) is 17.6 Å². The number of ketones is 1. The summed E-state index contributed by atoms with van der Waals surface area (Å²) < 4.78 is 11.2. The van der Waals surface area contributed by atoms with E-state index in [9.17, 15) is 10.1 Å². The third kappa shape index (κ3) is 4.63. The Bertz CT molecular complexity index is 1360. The highest BCUT2D eigenvalue weighted by atomic mass is 16.5. The van der Waals surface area contributed by atoms with Crippen LogP contribution in [0.15, 0.2) is 101 Å². The van der Waals surface area contributed by atoms with Crippen molar-refractivity contribution < 1.29 is 14.3 Å². The lowest BCUT2D eigenvalue weighted by molar-refractivity contribution is -0.116. The lowest BCUT2D eigenvalue weighted by Gasteiger charge is -2.35. The summed E-state index contributed by atoms with van der Waals surface area (Å²) in [4.78, 5) is 13.5. The monoisotopic (exact) mass is 476 g/mol. The van der Waals surface area contributed by atoms with Crippen LogP contribution in [0.4, 0.5) is 0 Å². The number of hydrogen-bond donors (Lipinski definition) is 1. The number of rotatable bonds is 6. The highest BCUT2D eigenvalue weighted by molar-refractivity contribution is 6.00. The molecule has 5 nitrogen and oxygen atoms in total. The molecule has 0 amide bonds. The molecule has 0 saturated carbocycles. The number of methoxy groups -OCH3 is 1. The Labute approximate surface area is 211 Å². The summed E-state index contributed by atoms with van der Waals surface area (Å²) in [6.45, 7) is 2.39. The minimum atomic E-state index is -0.376. The number of ether oxygens (including phenoxy) is 2. The molecule has 1 aliphatic carbocycles. The maximum atomic E-state index is 13.5. The maximum Gasteiger partial charge on any atom is 0.162 e. The van der Waals surface area contributed by atoms with E-state index in [1.54, 1.807) is 7.11 Å². The van der Waals surface area contributed by atoms with Crippen LogP contribution in [0.5, 0.6) is 11.5 Å². The minimum absolute atomic E-state index is 0.0826. The second kappa shape index (κ2) is 10.1. The number of nitrogens with zero attached hydrogens (tertiary/aromatic N) is 1. The first-order valence-electron chi connectivity index (χ1n) is 12.1. The number of carbonyl (C=O) groups is 1. The molecule has 2 aliphatic rings. The van der Waals surface area contributed by atoms with E-state index in [2.05, 4.69) is 11.4 Å². The predicted molar refractivity (Wildman–Crippen MR) is 138 cm³/mol. The van der Waals surface area contributed by atoms with E-state index in [4.69, 9.17) is 9.47 Å². The van der Waals surface area contributed by atoms with Crippen LogP contribution in [0.3, 0.4) is 0 Å². The normalized spacial score (nSPS) is 19.3. The van der Waals surface area contributed by atoms with Gasteiger partial charge in [0.05, 0.1) is 24.7 Å². The van der Waals surface area contributed by atoms with Crippen molar-refractivity contribution in [2.45, 2.75) is 38.2 Å². The fourth-order valence-electron chi connectivity index (χ4n) is 5.13. The number of nitriles is 1. The summed E-state index contributed by atoms with van der Waals surface area (Å²) in [6, 6.07) is 28.1. The van der Waals surface area contributed by atoms with Gasteiger partial charge in [0.1, 0.15) is 18.1 Å². The smallest absolute Gasteiger partial charge is 0.162 e. The van der Waals surface area contributed by atoms with Crippen LogP contribution in [0.1, 0.15) is 48.3 Å². The number of carbonyl (C=O) groups excluding carboxylic acids is 1. The molecule has 0 radical (unpaired) electrons. The van der Waals surface area contributed by atoms with Crippen molar-refractivity contribution in [1.29, 1.82) is 5.26 Å². The third-order valence-electron chi connectivity index (χ3n) is 7.00. The Balaban J connectivity index is 1.41. The highest BCUT2D eigenvalue weighted by Gasteiger charge is 2.38. The van der Waals surface area contributed by atoms with Gasteiger partial charge in [0.15, 0.2) is 5.78 Å². The number of dihydropyridines is 1. The van der Waals surface area contributed by atoms with Crippen molar-refractivity contribution in [3.63, 3.8) is 0 Å². The molecule has 5 heteroatoms. The zero-order valence-electron chi connectivity index (χ0n) is 20.5. The Morgan fingerprint density at radius 2 is 1.58 bits per heavy atom. The summed E-state index contributed by atoms with van der Waals surface area (Å²) in [5, 5.41) is 13.4. The second-order valence-corrected chi connectivity index (χ2v) is 9.25. The minimum Gasteiger partial charge on any atom is -0.497 e. The number of benzene rings is 3. The molecule has 3 aromatic carbocycles. The fraction of sp³-hybridized carbons (Fsp3) is 0.226. The second-order valence-electron chi connectivity index (χ2n) is 9.25. The molecule has 1 N–H and O–H groups in total. The topological polar surface area (TPSA) is 71.3 Å². The van der Waals surface area contributed by atoms with Gasteiger partial charge in [-0.2, -0.15) is 5.26 Å². The van der Waals surface area contributed by atoms with Gasteiger partial charge in [-0.05, 0) is 60.2 Å². The van der Waals surface area contributed by atoms with Crippen LogP contribution in [0.2, 0.25) is 0 Å². The zero-order chi connectivity index (χ0) is 25.1. The van der Waals surface area contributed by atoms with Crippen LogP contribution < -0.4 is 14.8 Å². The molecule has 0 bridgehead atoms. The number of nitrogens with one attached hydrogen (secondary N) is 1. The highest BCUT2D eigenvalue weighted by Crippen LogP contribution is 2.45. The zero-order valence-corrected chi connectivity index (χ0v) is 20.5. The Hall–Kier alpha value is -4.30. The standard InChI is InChI=1S/C31H28N2O3/c1-20-27(18-32)30(23-10-14-26(15-11-23)36-19-21-6-4-3-5-7-21)31-28(33-20)16-24(17-29(31)34)22-8-12-25(35-2)13-9-22/h3-15,24,30,33H,16-17,19H2,1-2H3/t24-,30+/m1/s1. The Morgan fingerprint density at radius 1 is 0.917 bits per heavy atom. The first-order valence-corrected chi connectivity index (χ1v) is 12.1. The molecule has 5 rings (SSSR count). The third-order valence-corrected chi connectivity index (χ3v) is 7.00. The molecule has 0 aromatic heterocycles. The summed E-state index contributed by atoms with van der Waals surface area (Å²) >= 11 is 0. The Kier molecular flexibility index (Phi) is 6.60. The number of Topliss-reactive ketones (excluding diaryl/α,β-unsaturated/α-hetero) is 1. The SMILES string of the molecule is COc1ccc([C@H]2CC(=O)C3=C(C2)NC(C)=C(C#N)[C@@H]3c2ccc(OCc3ccccc3)cc2)cc1. The summed E-state index contributed by atoms with van der Waals surface area (Å²) in [7, 11) is 1.64. The van der Waals surface area contributed by atoms with Crippen molar-refractivity contribution in [2.75, 3.05) is 7.11 Å². The molecule has 3 aromatic rings. The van der Waals surface area contributed by atoms with Gasteiger partial charge >= 0.3 is 0 Å². The fourth-order valence-corrected chi connectivity index (χ4v) is 5.13. The van der Waals surface area contributed by atoms with Crippen molar-refractivity contribution in [1.82, 2.24) is 5.32 Å². The largest absolute Gasteiger partial charge is 0.497 e. The average Bonchev–Trinajstić information content (AvgIpc) is 2.92. The summed E-state index contributed by atoms with van der Waals surface area (Å²) in [6.07, 6.45) is 1.14. The van der Waals surface area contributed by atoms with E-state index < -0.39 is 0 Å². The summed E-state index contributed by atoms with van der Waals surface area (Å²) in [5.74, 6) is 1.34. The molecule has 1 aliphatic heterocycles. The van der Waals surface area contributed by atoms with Gasteiger partial charge in [-0.25, -0.2) is 0 Å². The average molecular weight is 477 g/mol. The van der Waals surface area contributed by atoms with Crippen LogP contribution in [-0.2, 0) is 11.4 Å². The van der Waals surface area contributed by atoms with E-state index >= 15 is 0 Å². The van der Waals surface area contributed by atoms with Crippen LogP contribution in [-0.4, -0.2) is 12.9 Å². The number of allylic oxidation sites excluding steroid dienone is 4. The molecule has 1 heterocycles. The van der Waals surface area contributed by atoms with E-state index in [1.807, 2.05) is 85.8 Å². The lowest BCUT2D eigenvalue weighted by atomic mass is 9.72. The molecule has 0 unspecified atom stereocenters. The molecular weight excluding hydrogens is 448 g/mol. The molecular formula is C31H28N2O3. The van der Waals surface area contributed by atoms with Crippen LogP contribution in [0.25, 0.3) is 0 Å². The van der Waals surface area contributed by atoms with Crippen LogP contribution in [0, 0.1) is 11.3 Å². The first kappa shape index (κ1) is 23.4.